The second-order valence-corrected chi connectivity index (χ2v) is 12.4. The summed E-state index contributed by atoms with van der Waals surface area (Å²) >= 11 is 0. The fourth-order valence-electron chi connectivity index (χ4n) is 6.09. The molecule has 8 rings (SSSR count). The minimum absolute atomic E-state index is 0. The Balaban J connectivity index is 0.00000325. The van der Waals surface area contributed by atoms with Crippen LogP contribution in [-0.4, -0.2) is 15.1 Å². The zero-order valence-corrected chi connectivity index (χ0v) is 27.5. The van der Waals surface area contributed by atoms with Gasteiger partial charge >= 0.3 is 0 Å². The van der Waals surface area contributed by atoms with Crippen LogP contribution in [0.15, 0.2) is 106 Å². The molecule has 1 N–H and O–H groups in total. The summed E-state index contributed by atoms with van der Waals surface area (Å²) in [7, 11) is 0. The molecule has 6 heteroatoms. The van der Waals surface area contributed by atoms with Crippen LogP contribution in [0.5, 0.6) is 5.75 Å². The van der Waals surface area contributed by atoms with Gasteiger partial charge in [0.1, 0.15) is 22.5 Å². The van der Waals surface area contributed by atoms with Gasteiger partial charge in [-0.15, -0.1) is 34.9 Å². The molecule has 3 aromatic heterocycles. The summed E-state index contributed by atoms with van der Waals surface area (Å²) in [4.78, 5) is 9.77. The Hall–Kier alpha value is -4.73. The molecular formula is C39H29N2O3Pt-. The van der Waals surface area contributed by atoms with Crippen LogP contribution in [0.4, 0.5) is 0 Å². The largest absolute Gasteiger partial charge is 0.507 e. The fourth-order valence-corrected chi connectivity index (χ4v) is 6.09. The second kappa shape index (κ2) is 10.7. The number of aromatic hydroxyl groups is 1. The van der Waals surface area contributed by atoms with E-state index < -0.39 is 0 Å². The third-order valence-electron chi connectivity index (χ3n) is 8.43. The number of phenolic OH excluding ortho intramolecular Hbond substituents is 1. The first-order valence-corrected chi connectivity index (χ1v) is 14.7. The molecule has 0 spiro atoms. The molecule has 0 saturated heterocycles. The smallest absolute Gasteiger partial charge is 0.230 e. The quantitative estimate of drug-likeness (QED) is 0.181. The first-order chi connectivity index (χ1) is 21.3. The van der Waals surface area contributed by atoms with Gasteiger partial charge in [-0.25, -0.2) is 4.98 Å². The predicted molar refractivity (Wildman–Crippen MR) is 177 cm³/mol. The van der Waals surface area contributed by atoms with Crippen molar-refractivity contribution in [3.05, 3.63) is 114 Å². The van der Waals surface area contributed by atoms with Crippen molar-refractivity contribution in [2.45, 2.75) is 33.1 Å². The van der Waals surface area contributed by atoms with Crippen LogP contribution >= 0.6 is 0 Å². The number of pyridine rings is 1. The van der Waals surface area contributed by atoms with Gasteiger partial charge in [0.15, 0.2) is 0 Å². The van der Waals surface area contributed by atoms with Crippen LogP contribution in [0.2, 0.25) is 0 Å². The molecule has 0 atom stereocenters. The normalized spacial score (nSPS) is 11.9. The van der Waals surface area contributed by atoms with Crippen LogP contribution in [0.3, 0.4) is 0 Å². The number of hydrogen-bond acceptors (Lipinski definition) is 5. The van der Waals surface area contributed by atoms with Crippen LogP contribution in [0, 0.1) is 13.0 Å². The van der Waals surface area contributed by atoms with Crippen LogP contribution in [-0.2, 0) is 26.5 Å². The zero-order valence-electron chi connectivity index (χ0n) is 25.2. The van der Waals surface area contributed by atoms with E-state index in [-0.39, 0.29) is 32.2 Å². The second-order valence-electron chi connectivity index (χ2n) is 12.4. The number of benzene rings is 5. The average molecular weight is 769 g/mol. The Morgan fingerprint density at radius 2 is 1.42 bits per heavy atom. The topological polar surface area (TPSA) is 72.3 Å². The van der Waals surface area contributed by atoms with Gasteiger partial charge in [0.05, 0.1) is 11.1 Å². The molecular weight excluding hydrogens is 740 g/mol. The summed E-state index contributed by atoms with van der Waals surface area (Å²) in [6.45, 7) is 8.76. The minimum atomic E-state index is -0.136. The molecule has 5 nitrogen and oxygen atoms in total. The molecule has 3 heterocycles. The first kappa shape index (κ1) is 29.0. The van der Waals surface area contributed by atoms with Gasteiger partial charge in [0.25, 0.3) is 0 Å². The number of fused-ring (bicyclic) bond motifs is 6. The van der Waals surface area contributed by atoms with Crippen molar-refractivity contribution < 1.29 is 35.0 Å². The number of oxazole rings is 1. The van der Waals surface area contributed by atoms with Gasteiger partial charge in [-0.05, 0) is 48.2 Å². The molecule has 45 heavy (non-hydrogen) atoms. The molecule has 0 bridgehead atoms. The SMILES string of the molecule is Cc1ccnc2c(-c3[c-]c(-c4cccc5oc(-c6ccccc6O)nc45)cc(C(C)(C)C)c3)cc3c4ccccc4oc3c12.[Pt]. The summed E-state index contributed by atoms with van der Waals surface area (Å²) in [6, 6.07) is 33.6. The van der Waals surface area contributed by atoms with Crippen molar-refractivity contribution in [2.75, 3.05) is 0 Å². The van der Waals surface area contributed by atoms with Crippen molar-refractivity contribution in [1.82, 2.24) is 9.97 Å². The molecule has 0 saturated carbocycles. The van der Waals surface area contributed by atoms with E-state index in [4.69, 9.17) is 18.8 Å². The van der Waals surface area contributed by atoms with Gasteiger partial charge < -0.3 is 13.9 Å². The Labute approximate surface area is 274 Å². The molecule has 0 aliphatic rings. The van der Waals surface area contributed by atoms with E-state index >= 15 is 0 Å². The zero-order chi connectivity index (χ0) is 30.2. The Bertz CT molecular complexity index is 2410. The summed E-state index contributed by atoms with van der Waals surface area (Å²) in [6.07, 6.45) is 1.86. The Morgan fingerprint density at radius 3 is 2.22 bits per heavy atom. The third kappa shape index (κ3) is 4.74. The maximum absolute atomic E-state index is 10.5. The molecule has 224 valence electrons. The number of nitrogens with zero attached hydrogens (tertiary/aromatic N) is 2. The van der Waals surface area contributed by atoms with E-state index in [1.807, 2.05) is 48.7 Å². The van der Waals surface area contributed by atoms with E-state index in [1.54, 1.807) is 18.2 Å². The molecule has 0 aliphatic heterocycles. The number of para-hydroxylation sites is 3. The standard InChI is InChI=1S/C39H29N2O3.Pt/c1-22-16-17-40-36-29(21-30-27-10-6-8-14-32(27)43-37(30)34(22)36)24-18-23(19-25(20-24)39(2,3)4)26-12-9-15-33-35(26)41-38(44-33)28-11-5-7-13-31(28)42;/h5-17,19-21,42H,1-4H3;/q-1;. The molecule has 8 aromatic rings. The van der Waals surface area contributed by atoms with Crippen LogP contribution in [0.25, 0.3) is 77.6 Å². The van der Waals surface area contributed by atoms with Crippen molar-refractivity contribution in [1.29, 1.82) is 0 Å². The number of phenols is 1. The minimum Gasteiger partial charge on any atom is -0.507 e. The van der Waals surface area contributed by atoms with Gasteiger partial charge in [-0.1, -0.05) is 80.4 Å². The number of hydrogen-bond donors (Lipinski definition) is 1. The van der Waals surface area contributed by atoms with Gasteiger partial charge in [-0.2, -0.15) is 0 Å². The number of rotatable bonds is 3. The molecule has 0 unspecified atom stereocenters. The summed E-state index contributed by atoms with van der Waals surface area (Å²) in [5.74, 6) is 0.502. The van der Waals surface area contributed by atoms with E-state index in [9.17, 15) is 5.11 Å². The first-order valence-electron chi connectivity index (χ1n) is 14.7. The van der Waals surface area contributed by atoms with E-state index in [0.29, 0.717) is 22.6 Å². The molecule has 0 fully saturated rings. The van der Waals surface area contributed by atoms with Crippen LogP contribution in [0.1, 0.15) is 31.9 Å². The van der Waals surface area contributed by atoms with E-state index in [0.717, 1.165) is 60.7 Å². The predicted octanol–water partition coefficient (Wildman–Crippen LogP) is 10.4. The van der Waals surface area contributed by atoms with Gasteiger partial charge in [-0.3, -0.25) is 4.98 Å². The monoisotopic (exact) mass is 768 g/mol. The van der Waals surface area contributed by atoms with Crippen molar-refractivity contribution in [3.8, 4) is 39.5 Å². The summed E-state index contributed by atoms with van der Waals surface area (Å²) in [5.41, 5.74) is 10.4. The number of furan rings is 1. The summed E-state index contributed by atoms with van der Waals surface area (Å²) in [5, 5.41) is 13.6. The van der Waals surface area contributed by atoms with Crippen LogP contribution < -0.4 is 0 Å². The van der Waals surface area contributed by atoms with Crippen molar-refractivity contribution in [2.24, 2.45) is 0 Å². The molecule has 0 amide bonds. The molecule has 5 aromatic carbocycles. The molecule has 0 radical (unpaired) electrons. The van der Waals surface area contributed by atoms with E-state index in [1.165, 1.54) is 5.56 Å². The Morgan fingerprint density at radius 1 is 0.711 bits per heavy atom. The van der Waals surface area contributed by atoms with Crippen molar-refractivity contribution >= 4 is 43.9 Å². The molecule has 0 aliphatic carbocycles. The van der Waals surface area contributed by atoms with Gasteiger partial charge in [0.2, 0.25) is 5.89 Å². The number of aryl methyl sites for hydroxylation is 1. The van der Waals surface area contributed by atoms with E-state index in [2.05, 4.69) is 64.1 Å². The maximum atomic E-state index is 10.5. The average Bonchev–Trinajstić information content (AvgIpc) is 3.62. The fraction of sp³-hybridized carbons (Fsp3) is 0.128. The third-order valence-corrected chi connectivity index (χ3v) is 8.43. The summed E-state index contributed by atoms with van der Waals surface area (Å²) < 4.78 is 12.6. The van der Waals surface area contributed by atoms with Crippen molar-refractivity contribution in [3.63, 3.8) is 0 Å². The van der Waals surface area contributed by atoms with Gasteiger partial charge in [0, 0.05) is 48.9 Å². The number of aromatic nitrogens is 2. The maximum Gasteiger partial charge on any atom is 0.230 e. The Kier molecular flexibility index (Phi) is 6.90.